The van der Waals surface area contributed by atoms with Gasteiger partial charge in [0, 0.05) is 37.6 Å². The van der Waals surface area contributed by atoms with Crippen LogP contribution in [0.2, 0.25) is 0 Å². The number of imidazole rings is 1. The number of carbonyl (C=O) groups is 2. The van der Waals surface area contributed by atoms with Crippen LogP contribution in [0.15, 0.2) is 12.4 Å². The first-order valence-corrected chi connectivity index (χ1v) is 11.0. The van der Waals surface area contributed by atoms with Gasteiger partial charge in [-0.05, 0) is 26.2 Å². The Morgan fingerprint density at radius 2 is 2.20 bits per heavy atom. The fourth-order valence-electron chi connectivity index (χ4n) is 4.30. The minimum Gasteiger partial charge on any atom is -0.331 e. The van der Waals surface area contributed by atoms with E-state index in [-0.39, 0.29) is 25.2 Å². The van der Waals surface area contributed by atoms with Crippen LogP contribution in [0.4, 0.5) is 4.79 Å². The first-order valence-electron chi connectivity index (χ1n) is 9.64. The summed E-state index contributed by atoms with van der Waals surface area (Å²) in [6.07, 6.45) is 5.19. The number of piperidine rings is 1. The maximum Gasteiger partial charge on any atom is 0.418 e. The minimum atomic E-state index is -4.82. The number of rotatable bonds is 7. The quantitative estimate of drug-likeness (QED) is 0.360. The first-order chi connectivity index (χ1) is 14.2. The number of fused-ring (bicyclic) bond motifs is 2. The highest BCUT2D eigenvalue weighted by molar-refractivity contribution is 7.80. The molecule has 0 aromatic carbocycles. The van der Waals surface area contributed by atoms with Gasteiger partial charge < -0.3 is 14.8 Å². The predicted molar refractivity (Wildman–Crippen MR) is 99.9 cm³/mol. The van der Waals surface area contributed by atoms with Crippen molar-refractivity contribution in [1.29, 1.82) is 0 Å². The van der Waals surface area contributed by atoms with E-state index in [4.69, 9.17) is 9.39 Å². The van der Waals surface area contributed by atoms with E-state index >= 15 is 0 Å². The van der Waals surface area contributed by atoms with Crippen LogP contribution in [-0.2, 0) is 24.3 Å². The number of aryl methyl sites for hydroxylation is 1. The molecule has 3 aliphatic rings. The molecule has 166 valence electrons. The van der Waals surface area contributed by atoms with Crippen molar-refractivity contribution in [3.63, 3.8) is 0 Å². The Bertz CT molecular complexity index is 921. The molecule has 13 nitrogen and oxygen atoms in total. The highest BCUT2D eigenvalue weighted by Gasteiger charge is 2.49. The van der Waals surface area contributed by atoms with Crippen LogP contribution in [0.1, 0.15) is 31.1 Å². The second kappa shape index (κ2) is 8.11. The van der Waals surface area contributed by atoms with Crippen molar-refractivity contribution in [2.75, 3.05) is 19.7 Å². The van der Waals surface area contributed by atoms with E-state index in [9.17, 15) is 18.0 Å². The van der Waals surface area contributed by atoms with E-state index in [1.807, 2.05) is 13.1 Å². The van der Waals surface area contributed by atoms with E-state index in [0.29, 0.717) is 17.9 Å². The van der Waals surface area contributed by atoms with Gasteiger partial charge in [-0.2, -0.15) is 13.5 Å². The zero-order valence-electron chi connectivity index (χ0n) is 16.3. The van der Waals surface area contributed by atoms with Gasteiger partial charge in [-0.15, -0.1) is 4.28 Å². The van der Waals surface area contributed by atoms with Crippen LogP contribution in [0.25, 0.3) is 0 Å². The third kappa shape index (κ3) is 4.27. The average molecular weight is 444 g/mol. The molecule has 1 aromatic heterocycles. The van der Waals surface area contributed by atoms with Gasteiger partial charge in [-0.25, -0.2) is 15.3 Å². The van der Waals surface area contributed by atoms with Crippen molar-refractivity contribution in [1.82, 2.24) is 30.3 Å². The molecule has 3 fully saturated rings. The summed E-state index contributed by atoms with van der Waals surface area (Å²) in [5, 5.41) is 3.94. The van der Waals surface area contributed by atoms with Gasteiger partial charge >= 0.3 is 16.4 Å². The van der Waals surface area contributed by atoms with Gasteiger partial charge in [0.05, 0.1) is 12.6 Å². The molecule has 0 radical (unpaired) electrons. The summed E-state index contributed by atoms with van der Waals surface area (Å²) in [5.74, 6) is 0.449. The summed E-state index contributed by atoms with van der Waals surface area (Å²) in [5.41, 5.74) is 2.39. The van der Waals surface area contributed by atoms with Crippen LogP contribution in [0.5, 0.6) is 0 Å². The molecule has 2 bridgehead atoms. The fourth-order valence-corrected chi connectivity index (χ4v) is 4.68. The molecular weight excluding hydrogens is 420 g/mol. The molecular formula is C16H24N6O7S. The summed E-state index contributed by atoms with van der Waals surface area (Å²) in [6, 6.07) is -1.81. The van der Waals surface area contributed by atoms with Crippen molar-refractivity contribution in [3.8, 4) is 0 Å². The smallest absolute Gasteiger partial charge is 0.331 e. The Hall–Kier alpha value is -2.26. The Labute approximate surface area is 173 Å². The average Bonchev–Trinajstić information content (AvgIpc) is 3.37. The van der Waals surface area contributed by atoms with Gasteiger partial charge in [-0.3, -0.25) is 14.2 Å². The van der Waals surface area contributed by atoms with Gasteiger partial charge in [-0.1, -0.05) is 0 Å². The van der Waals surface area contributed by atoms with E-state index in [1.165, 1.54) is 4.90 Å². The van der Waals surface area contributed by atoms with Gasteiger partial charge in [0.2, 0.25) is 0 Å². The Morgan fingerprint density at radius 3 is 2.90 bits per heavy atom. The lowest BCUT2D eigenvalue weighted by Gasteiger charge is -2.29. The lowest BCUT2D eigenvalue weighted by atomic mass is 10.0. The molecule has 4 heterocycles. The molecule has 0 spiro atoms. The lowest BCUT2D eigenvalue weighted by Crippen LogP contribution is -2.50. The van der Waals surface area contributed by atoms with E-state index in [2.05, 4.69) is 24.6 Å². The predicted octanol–water partition coefficient (Wildman–Crippen LogP) is -0.855. The molecule has 3 saturated heterocycles. The van der Waals surface area contributed by atoms with Crippen LogP contribution < -0.4 is 10.8 Å². The lowest BCUT2D eigenvalue weighted by molar-refractivity contribution is -0.139. The number of hydroxylamine groups is 3. The molecule has 30 heavy (non-hydrogen) atoms. The number of hydrogen-bond acceptors (Lipinski definition) is 8. The maximum atomic E-state index is 12.5. The Kier molecular flexibility index (Phi) is 5.67. The molecule has 0 aliphatic carbocycles. The summed E-state index contributed by atoms with van der Waals surface area (Å²) in [7, 11) is -4.82. The van der Waals surface area contributed by atoms with E-state index in [1.54, 1.807) is 6.20 Å². The van der Waals surface area contributed by atoms with Crippen LogP contribution in [0.3, 0.4) is 0 Å². The maximum absolute atomic E-state index is 12.5. The van der Waals surface area contributed by atoms with Gasteiger partial charge in [0.25, 0.3) is 5.91 Å². The zero-order chi connectivity index (χ0) is 21.5. The molecule has 4 atom stereocenters. The summed E-state index contributed by atoms with van der Waals surface area (Å²) < 4.78 is 37.1. The summed E-state index contributed by atoms with van der Waals surface area (Å²) in [4.78, 5) is 35.7. The second-order valence-corrected chi connectivity index (χ2v) is 8.67. The highest BCUT2D eigenvalue weighted by atomic mass is 32.3. The number of urea groups is 1. The number of hydrogen-bond donors (Lipinski definition) is 3. The zero-order valence-corrected chi connectivity index (χ0v) is 17.1. The normalized spacial score (nSPS) is 28.9. The molecule has 4 rings (SSSR count). The van der Waals surface area contributed by atoms with Crippen LogP contribution in [0, 0.1) is 6.92 Å². The van der Waals surface area contributed by atoms with Crippen molar-refractivity contribution in [2.45, 2.75) is 50.4 Å². The van der Waals surface area contributed by atoms with Crippen molar-refractivity contribution in [2.24, 2.45) is 0 Å². The van der Waals surface area contributed by atoms with Gasteiger partial charge in [0.15, 0.2) is 0 Å². The first kappa shape index (κ1) is 21.0. The number of aromatic nitrogens is 2. The monoisotopic (exact) mass is 444 g/mol. The molecule has 0 unspecified atom stereocenters. The van der Waals surface area contributed by atoms with Crippen molar-refractivity contribution >= 4 is 22.3 Å². The number of nitrogens with one attached hydrogen (secondary N) is 2. The van der Waals surface area contributed by atoms with Crippen LogP contribution >= 0.6 is 0 Å². The number of carbonyl (C=O) groups excluding carboxylic acids is 2. The minimum absolute atomic E-state index is 0.0555. The Balaban J connectivity index is 1.25. The summed E-state index contributed by atoms with van der Waals surface area (Å²) >= 11 is 0. The Morgan fingerprint density at radius 1 is 1.40 bits per heavy atom. The van der Waals surface area contributed by atoms with E-state index < -0.39 is 34.4 Å². The standard InChI is InChI=1S/C16H24N6O7S/c1-10-17-4-5-20(10)13-6-11(18-7-13)9-28-19-15(23)14-3-2-12-8-21(14)16(24)22(12)29-30(25,26)27/h4-5,11-14,18H,2-3,6-9H2,1H3,(H,19,23)(H,25,26,27)/t11-,12-,13+,14+/m1/s1. The second-order valence-electron chi connectivity index (χ2n) is 7.66. The number of nitrogens with zero attached hydrogens (tertiary/aromatic N) is 4. The largest absolute Gasteiger partial charge is 0.418 e. The highest BCUT2D eigenvalue weighted by Crippen LogP contribution is 2.30. The van der Waals surface area contributed by atoms with Crippen molar-refractivity contribution < 1.29 is 31.7 Å². The van der Waals surface area contributed by atoms with Crippen molar-refractivity contribution in [3.05, 3.63) is 18.2 Å². The SMILES string of the molecule is Cc1nccn1[C@@H]1CN[C@@H](CONC(=O)[C@@H]2CC[C@@H]3CN2C(=O)N3OS(=O)(=O)O)C1. The molecule has 14 heteroatoms. The molecule has 3 amide bonds. The van der Waals surface area contributed by atoms with E-state index in [0.717, 1.165) is 18.8 Å². The van der Waals surface area contributed by atoms with Gasteiger partial charge in [0.1, 0.15) is 11.9 Å². The molecule has 3 aliphatic heterocycles. The third-order valence-corrected chi connectivity index (χ3v) is 6.06. The topological polar surface area (TPSA) is 155 Å². The fraction of sp³-hybridized carbons (Fsp3) is 0.688. The molecule has 1 aromatic rings. The summed E-state index contributed by atoms with van der Waals surface area (Å²) in [6.45, 7) is 3.11. The van der Waals surface area contributed by atoms with Crippen LogP contribution in [-0.4, -0.2) is 82.2 Å². The number of amides is 3. The molecule has 3 N–H and O–H groups in total. The molecule has 0 saturated carbocycles. The third-order valence-electron chi connectivity index (χ3n) is 5.71.